The minimum atomic E-state index is -3.49. The Bertz CT molecular complexity index is 941. The molecule has 7 heteroatoms. The second kappa shape index (κ2) is 7.92. The molecule has 1 atom stereocenters. The van der Waals surface area contributed by atoms with Crippen molar-refractivity contribution in [3.05, 3.63) is 65.7 Å². The topological polar surface area (TPSA) is 83.5 Å². The average molecular weight is 386 g/mol. The van der Waals surface area contributed by atoms with Crippen molar-refractivity contribution < 1.29 is 18.0 Å². The Morgan fingerprint density at radius 3 is 2.48 bits per heavy atom. The van der Waals surface area contributed by atoms with Gasteiger partial charge >= 0.3 is 0 Å². The normalized spacial score (nSPS) is 17.1. The number of carbonyl (C=O) groups excluding carboxylic acids is 2. The zero-order valence-electron chi connectivity index (χ0n) is 15.1. The van der Waals surface area contributed by atoms with E-state index >= 15 is 0 Å². The van der Waals surface area contributed by atoms with Gasteiger partial charge in [0.05, 0.1) is 10.5 Å². The van der Waals surface area contributed by atoms with Crippen LogP contribution in [0.1, 0.15) is 22.3 Å². The molecular weight excluding hydrogens is 364 g/mol. The van der Waals surface area contributed by atoms with Crippen LogP contribution in [0.4, 0.5) is 0 Å². The smallest absolute Gasteiger partial charge is 0.252 e. The fourth-order valence-electron chi connectivity index (χ4n) is 3.26. The molecule has 0 radical (unpaired) electrons. The highest BCUT2D eigenvalue weighted by Gasteiger charge is 2.30. The lowest BCUT2D eigenvalue weighted by Gasteiger charge is -2.17. The summed E-state index contributed by atoms with van der Waals surface area (Å²) in [5, 5.41) is 2.78. The zero-order chi connectivity index (χ0) is 19.4. The maximum atomic E-state index is 12.4. The molecule has 0 bridgehead atoms. The number of carbonyl (C=O) groups is 2. The fourth-order valence-corrected chi connectivity index (χ4v) is 4.14. The van der Waals surface area contributed by atoms with Crippen molar-refractivity contribution in [1.82, 2.24) is 10.2 Å². The van der Waals surface area contributed by atoms with Crippen molar-refractivity contribution in [2.24, 2.45) is 5.92 Å². The van der Waals surface area contributed by atoms with Crippen molar-refractivity contribution in [3.8, 4) is 0 Å². The first-order chi connectivity index (χ1) is 12.8. The molecule has 1 aliphatic heterocycles. The van der Waals surface area contributed by atoms with Crippen molar-refractivity contribution in [1.29, 1.82) is 0 Å². The first-order valence-corrected chi connectivity index (χ1v) is 10.6. The third-order valence-electron chi connectivity index (χ3n) is 4.59. The van der Waals surface area contributed by atoms with Gasteiger partial charge in [0.25, 0.3) is 5.91 Å². The van der Waals surface area contributed by atoms with Crippen LogP contribution in [0.3, 0.4) is 0 Å². The van der Waals surface area contributed by atoms with E-state index in [0.717, 1.165) is 11.8 Å². The monoisotopic (exact) mass is 386 g/mol. The molecule has 0 aromatic heterocycles. The highest BCUT2D eigenvalue weighted by atomic mass is 32.2. The van der Waals surface area contributed by atoms with Gasteiger partial charge in [-0.05, 0) is 17.7 Å². The number of rotatable bonds is 6. The minimum Gasteiger partial charge on any atom is -0.352 e. The van der Waals surface area contributed by atoms with Gasteiger partial charge in [0.2, 0.25) is 5.91 Å². The van der Waals surface area contributed by atoms with Gasteiger partial charge < -0.3 is 10.2 Å². The van der Waals surface area contributed by atoms with E-state index in [1.165, 1.54) is 12.1 Å². The van der Waals surface area contributed by atoms with Gasteiger partial charge in [-0.3, -0.25) is 9.59 Å². The Balaban J connectivity index is 1.60. The minimum absolute atomic E-state index is 0.00978. The van der Waals surface area contributed by atoms with Crippen LogP contribution in [0.25, 0.3) is 0 Å². The molecule has 27 heavy (non-hydrogen) atoms. The largest absolute Gasteiger partial charge is 0.352 e. The van der Waals surface area contributed by atoms with Crippen LogP contribution in [0.5, 0.6) is 0 Å². The Labute approximate surface area is 159 Å². The van der Waals surface area contributed by atoms with Crippen LogP contribution < -0.4 is 5.32 Å². The summed E-state index contributed by atoms with van der Waals surface area (Å²) in [4.78, 5) is 26.5. The molecular formula is C20H22N2O4S. The van der Waals surface area contributed by atoms with Gasteiger partial charge in [-0.25, -0.2) is 8.42 Å². The summed E-state index contributed by atoms with van der Waals surface area (Å²) >= 11 is 0. The molecule has 0 aliphatic carbocycles. The first-order valence-electron chi connectivity index (χ1n) is 8.73. The van der Waals surface area contributed by atoms with Gasteiger partial charge in [0.1, 0.15) is 0 Å². The molecule has 142 valence electrons. The molecule has 6 nitrogen and oxygen atoms in total. The molecule has 1 N–H and O–H groups in total. The summed E-state index contributed by atoms with van der Waals surface area (Å²) in [6.45, 7) is 1.46. The molecule has 2 aromatic rings. The maximum Gasteiger partial charge on any atom is 0.252 e. The first kappa shape index (κ1) is 19.1. The predicted octanol–water partition coefficient (Wildman–Crippen LogP) is 1.87. The molecule has 1 fully saturated rings. The Kier molecular flexibility index (Phi) is 5.60. The molecule has 1 aliphatic rings. The summed E-state index contributed by atoms with van der Waals surface area (Å²) in [7, 11) is -3.49. The molecule has 1 heterocycles. The van der Waals surface area contributed by atoms with Crippen LogP contribution in [-0.2, 0) is 21.2 Å². The van der Waals surface area contributed by atoms with Gasteiger partial charge in [-0.1, -0.05) is 42.5 Å². The van der Waals surface area contributed by atoms with E-state index in [9.17, 15) is 18.0 Å². The number of amides is 2. The second-order valence-corrected chi connectivity index (χ2v) is 8.79. The summed E-state index contributed by atoms with van der Waals surface area (Å²) in [5.41, 5.74) is 1.20. The van der Waals surface area contributed by atoms with Crippen LogP contribution in [0.15, 0.2) is 59.5 Å². The fraction of sp³-hybridized carbons (Fsp3) is 0.300. The van der Waals surface area contributed by atoms with E-state index < -0.39 is 15.7 Å². The number of likely N-dealkylation sites (tertiary alicyclic amines) is 1. The van der Waals surface area contributed by atoms with E-state index in [-0.39, 0.29) is 22.3 Å². The molecule has 3 rings (SSSR count). The summed E-state index contributed by atoms with van der Waals surface area (Å²) < 4.78 is 23.7. The van der Waals surface area contributed by atoms with Crippen LogP contribution in [0.2, 0.25) is 0 Å². The van der Waals surface area contributed by atoms with E-state index in [2.05, 4.69) is 5.32 Å². The average Bonchev–Trinajstić information content (AvgIpc) is 2.99. The predicted molar refractivity (Wildman–Crippen MR) is 102 cm³/mol. The Morgan fingerprint density at radius 2 is 1.78 bits per heavy atom. The quantitative estimate of drug-likeness (QED) is 0.822. The van der Waals surface area contributed by atoms with E-state index in [1.807, 2.05) is 30.3 Å². The molecule has 1 saturated heterocycles. The standard InChI is InChI=1S/C20H22N2O4S/c1-27(25,26)18-10-6-5-9-17(18)20(24)21-12-16-11-19(23)22(14-16)13-15-7-3-2-4-8-15/h2-10,16H,11-14H2,1H3,(H,21,24). The highest BCUT2D eigenvalue weighted by molar-refractivity contribution is 7.90. The van der Waals surface area contributed by atoms with Crippen molar-refractivity contribution in [2.45, 2.75) is 17.9 Å². The lowest BCUT2D eigenvalue weighted by Crippen LogP contribution is -2.31. The van der Waals surface area contributed by atoms with Gasteiger partial charge in [0, 0.05) is 38.2 Å². The number of nitrogens with one attached hydrogen (secondary N) is 1. The van der Waals surface area contributed by atoms with Gasteiger partial charge in [-0.2, -0.15) is 0 Å². The molecule has 1 unspecified atom stereocenters. The highest BCUT2D eigenvalue weighted by Crippen LogP contribution is 2.20. The van der Waals surface area contributed by atoms with Gasteiger partial charge in [0.15, 0.2) is 9.84 Å². The molecule has 2 amide bonds. The maximum absolute atomic E-state index is 12.4. The SMILES string of the molecule is CS(=O)(=O)c1ccccc1C(=O)NCC1CC(=O)N(Cc2ccccc2)C1. The Hall–Kier alpha value is -2.67. The van der Waals surface area contributed by atoms with E-state index in [4.69, 9.17) is 0 Å². The summed E-state index contributed by atoms with van der Waals surface area (Å²) in [6.07, 6.45) is 1.46. The lowest BCUT2D eigenvalue weighted by molar-refractivity contribution is -0.128. The van der Waals surface area contributed by atoms with Gasteiger partial charge in [-0.15, -0.1) is 0 Å². The molecule has 2 aromatic carbocycles. The third kappa shape index (κ3) is 4.74. The van der Waals surface area contributed by atoms with Crippen molar-refractivity contribution in [2.75, 3.05) is 19.3 Å². The number of sulfone groups is 1. The third-order valence-corrected chi connectivity index (χ3v) is 5.75. The summed E-state index contributed by atoms with van der Waals surface area (Å²) in [6, 6.07) is 15.9. The van der Waals surface area contributed by atoms with Crippen LogP contribution in [-0.4, -0.2) is 44.5 Å². The van der Waals surface area contributed by atoms with Crippen molar-refractivity contribution >= 4 is 21.7 Å². The second-order valence-electron chi connectivity index (χ2n) is 6.81. The van der Waals surface area contributed by atoms with Crippen LogP contribution >= 0.6 is 0 Å². The number of hydrogen-bond acceptors (Lipinski definition) is 4. The zero-order valence-corrected chi connectivity index (χ0v) is 15.9. The Morgan fingerprint density at radius 1 is 1.11 bits per heavy atom. The molecule has 0 spiro atoms. The lowest BCUT2D eigenvalue weighted by atomic mass is 10.1. The van der Waals surface area contributed by atoms with E-state index in [0.29, 0.717) is 26.1 Å². The van der Waals surface area contributed by atoms with Crippen molar-refractivity contribution in [3.63, 3.8) is 0 Å². The molecule has 0 saturated carbocycles. The summed E-state index contributed by atoms with van der Waals surface area (Å²) in [5.74, 6) is -0.366. The number of hydrogen-bond donors (Lipinski definition) is 1. The number of benzene rings is 2. The van der Waals surface area contributed by atoms with Crippen LogP contribution in [0, 0.1) is 5.92 Å². The van der Waals surface area contributed by atoms with E-state index in [1.54, 1.807) is 17.0 Å². The number of nitrogens with zero attached hydrogens (tertiary/aromatic N) is 1.